The molecule has 0 unspecified atom stereocenters. The van der Waals surface area contributed by atoms with Gasteiger partial charge in [0.25, 0.3) is 0 Å². The van der Waals surface area contributed by atoms with Crippen molar-refractivity contribution >= 4 is 17.5 Å². The molecule has 1 amide bonds. The predicted octanol–water partition coefficient (Wildman–Crippen LogP) is -0.466. The number of alkyl halides is 1. The van der Waals surface area contributed by atoms with E-state index < -0.39 is 0 Å². The van der Waals surface area contributed by atoms with Crippen LogP contribution >= 0.6 is 11.6 Å². The normalized spacial score (nSPS) is 23.4. The molecule has 5 heteroatoms. The average Bonchev–Trinajstić information content (AvgIpc) is 2.46. The lowest BCUT2D eigenvalue weighted by Crippen LogP contribution is -3.00. The van der Waals surface area contributed by atoms with Crippen molar-refractivity contribution in [3.8, 4) is 0 Å². The second-order valence-corrected chi connectivity index (χ2v) is 6.01. The van der Waals surface area contributed by atoms with Gasteiger partial charge in [0.05, 0.1) is 0 Å². The van der Waals surface area contributed by atoms with Crippen LogP contribution in [0.1, 0.15) is 51.4 Å². The molecular weight excluding hydrogens is 283 g/mol. The number of hydrogen-bond acceptors (Lipinski definition) is 2. The first-order chi connectivity index (χ1) is 8.77. The average molecular weight is 308 g/mol. The molecule has 1 aliphatic heterocycles. The summed E-state index contributed by atoms with van der Waals surface area (Å²) in [5, 5.41) is 3.03. The second-order valence-electron chi connectivity index (χ2n) is 5.74. The molecule has 0 bridgehead atoms. The third kappa shape index (κ3) is 4.51. The van der Waals surface area contributed by atoms with Gasteiger partial charge in [0.2, 0.25) is 5.91 Å². The first-order valence-electron chi connectivity index (χ1n) is 7.35. The first-order valence-corrected chi connectivity index (χ1v) is 7.88. The zero-order valence-corrected chi connectivity index (χ0v) is 13.1. The summed E-state index contributed by atoms with van der Waals surface area (Å²) in [5.74, 6) is 0.0504. The molecule has 1 heterocycles. The van der Waals surface area contributed by atoms with Gasteiger partial charge in [0.15, 0.2) is 0 Å². The predicted molar refractivity (Wildman–Crippen MR) is 75.0 cm³/mol. The van der Waals surface area contributed by atoms with E-state index in [0.29, 0.717) is 0 Å². The number of piperidine rings is 1. The zero-order chi connectivity index (χ0) is 12.8. The molecule has 3 nitrogen and oxygen atoms in total. The van der Waals surface area contributed by atoms with Crippen LogP contribution in [0.25, 0.3) is 0 Å². The van der Waals surface area contributed by atoms with Gasteiger partial charge >= 0.3 is 0 Å². The van der Waals surface area contributed by atoms with Gasteiger partial charge in [-0.25, -0.2) is 0 Å². The molecule has 2 fully saturated rings. The van der Waals surface area contributed by atoms with Crippen LogP contribution in [-0.2, 0) is 4.79 Å². The minimum Gasteiger partial charge on any atom is -1.00 e. The lowest BCUT2D eigenvalue weighted by Gasteiger charge is -2.48. The summed E-state index contributed by atoms with van der Waals surface area (Å²) in [7, 11) is 0. The van der Waals surface area contributed by atoms with Crippen LogP contribution in [-0.4, -0.2) is 41.9 Å². The fourth-order valence-electron chi connectivity index (χ4n) is 3.49. The standard InChI is InChI=1S/C14H25ClN2O.ClH/c15-11-13(18)16-12-14(7-3-1-4-8-14)17-9-5-2-6-10-17;/h1-12H2,(H,16,18);1H/p-1. The van der Waals surface area contributed by atoms with E-state index in [4.69, 9.17) is 11.6 Å². The van der Waals surface area contributed by atoms with Crippen molar-refractivity contribution in [3.05, 3.63) is 0 Å². The van der Waals surface area contributed by atoms with Crippen molar-refractivity contribution < 1.29 is 17.2 Å². The lowest BCUT2D eigenvalue weighted by atomic mass is 9.79. The van der Waals surface area contributed by atoms with Gasteiger partial charge < -0.3 is 17.7 Å². The van der Waals surface area contributed by atoms with Crippen LogP contribution in [0.4, 0.5) is 0 Å². The summed E-state index contributed by atoms with van der Waals surface area (Å²) in [6.07, 6.45) is 10.4. The number of rotatable bonds is 4. The number of carbonyl (C=O) groups excluding carboxylic acids is 1. The third-order valence-corrected chi connectivity index (χ3v) is 4.79. The molecule has 1 saturated carbocycles. The highest BCUT2D eigenvalue weighted by atomic mass is 35.5. The number of halogens is 2. The Bertz CT molecular complexity index is 275. The van der Waals surface area contributed by atoms with E-state index >= 15 is 0 Å². The molecule has 0 aromatic rings. The largest absolute Gasteiger partial charge is 1.00 e. The number of carbonyl (C=O) groups is 1. The molecule has 2 rings (SSSR count). The Labute approximate surface area is 127 Å². The van der Waals surface area contributed by atoms with Gasteiger partial charge in [0.1, 0.15) is 5.88 Å². The summed E-state index contributed by atoms with van der Waals surface area (Å²) < 4.78 is 0. The molecule has 2 aliphatic rings. The maximum Gasteiger partial charge on any atom is 0.234 e. The number of amides is 1. The molecule has 0 aromatic carbocycles. The third-order valence-electron chi connectivity index (χ3n) is 4.55. The van der Waals surface area contributed by atoms with Crippen molar-refractivity contribution in [1.29, 1.82) is 0 Å². The minimum absolute atomic E-state index is 0. The highest BCUT2D eigenvalue weighted by Gasteiger charge is 2.38. The molecule has 0 aromatic heterocycles. The number of likely N-dealkylation sites (tertiary alicyclic amines) is 1. The van der Waals surface area contributed by atoms with Gasteiger partial charge in [-0.05, 0) is 38.8 Å². The van der Waals surface area contributed by atoms with Crippen LogP contribution < -0.4 is 17.7 Å². The van der Waals surface area contributed by atoms with Crippen LogP contribution in [0.2, 0.25) is 0 Å². The van der Waals surface area contributed by atoms with Crippen LogP contribution in [0, 0.1) is 0 Å². The smallest absolute Gasteiger partial charge is 0.234 e. The van der Waals surface area contributed by atoms with Crippen LogP contribution in [0.3, 0.4) is 0 Å². The van der Waals surface area contributed by atoms with E-state index in [0.717, 1.165) is 6.54 Å². The number of nitrogens with zero attached hydrogens (tertiary/aromatic N) is 1. The molecule has 0 spiro atoms. The first kappa shape index (κ1) is 17.1. The van der Waals surface area contributed by atoms with E-state index in [1.807, 2.05) is 0 Å². The summed E-state index contributed by atoms with van der Waals surface area (Å²) in [6, 6.07) is 0. The van der Waals surface area contributed by atoms with Gasteiger partial charge in [-0.2, -0.15) is 0 Å². The van der Waals surface area contributed by atoms with Crippen molar-refractivity contribution in [2.45, 2.75) is 56.9 Å². The topological polar surface area (TPSA) is 32.3 Å². The minimum atomic E-state index is -0.0291. The lowest BCUT2D eigenvalue weighted by molar-refractivity contribution is -0.119. The Hall–Kier alpha value is 0.01000. The fraction of sp³-hybridized carbons (Fsp3) is 0.929. The van der Waals surface area contributed by atoms with E-state index in [2.05, 4.69) is 10.2 Å². The van der Waals surface area contributed by atoms with E-state index in [-0.39, 0.29) is 29.7 Å². The molecule has 1 saturated heterocycles. The van der Waals surface area contributed by atoms with Gasteiger partial charge in [-0.3, -0.25) is 9.69 Å². The maximum atomic E-state index is 11.4. The van der Waals surface area contributed by atoms with Crippen molar-refractivity contribution in [1.82, 2.24) is 10.2 Å². The Balaban J connectivity index is 0.00000180. The Morgan fingerprint density at radius 2 is 1.63 bits per heavy atom. The quantitative estimate of drug-likeness (QED) is 0.713. The van der Waals surface area contributed by atoms with E-state index in [1.165, 1.54) is 64.5 Å². The Kier molecular flexibility index (Phi) is 7.48. The van der Waals surface area contributed by atoms with Crippen LogP contribution in [0.15, 0.2) is 0 Å². The zero-order valence-electron chi connectivity index (χ0n) is 11.6. The van der Waals surface area contributed by atoms with Gasteiger partial charge in [-0.1, -0.05) is 25.7 Å². The molecule has 1 aliphatic carbocycles. The Morgan fingerprint density at radius 1 is 1.05 bits per heavy atom. The summed E-state index contributed by atoms with van der Waals surface area (Å²) in [6.45, 7) is 3.20. The number of hydrogen-bond donors (Lipinski definition) is 1. The van der Waals surface area contributed by atoms with E-state index in [1.54, 1.807) is 0 Å². The van der Waals surface area contributed by atoms with Crippen molar-refractivity contribution in [3.63, 3.8) is 0 Å². The summed E-state index contributed by atoms with van der Waals surface area (Å²) in [5.41, 5.74) is 0.223. The molecule has 112 valence electrons. The van der Waals surface area contributed by atoms with Crippen LogP contribution in [0.5, 0.6) is 0 Å². The molecule has 0 radical (unpaired) electrons. The summed E-state index contributed by atoms with van der Waals surface area (Å²) in [4.78, 5) is 14.1. The van der Waals surface area contributed by atoms with Crippen molar-refractivity contribution in [2.75, 3.05) is 25.5 Å². The van der Waals surface area contributed by atoms with Gasteiger partial charge in [0, 0.05) is 12.1 Å². The molecule has 0 atom stereocenters. The van der Waals surface area contributed by atoms with Gasteiger partial charge in [-0.15, -0.1) is 11.6 Å². The Morgan fingerprint density at radius 3 is 2.21 bits per heavy atom. The SMILES string of the molecule is O=C(CCl)NCC1(N2CCCCC2)CCCCC1.[Cl-]. The van der Waals surface area contributed by atoms with E-state index in [9.17, 15) is 4.79 Å². The highest BCUT2D eigenvalue weighted by molar-refractivity contribution is 6.27. The molecule has 19 heavy (non-hydrogen) atoms. The number of nitrogens with one attached hydrogen (secondary N) is 1. The summed E-state index contributed by atoms with van der Waals surface area (Å²) >= 11 is 5.58. The second kappa shape index (κ2) is 8.33. The highest BCUT2D eigenvalue weighted by Crippen LogP contribution is 2.35. The monoisotopic (exact) mass is 307 g/mol. The van der Waals surface area contributed by atoms with Crippen molar-refractivity contribution in [2.24, 2.45) is 0 Å². The fourth-order valence-corrected chi connectivity index (χ4v) is 3.59. The molecule has 1 N–H and O–H groups in total. The maximum absolute atomic E-state index is 11.4. The molecular formula is C14H25Cl2N2O-.